The lowest BCUT2D eigenvalue weighted by molar-refractivity contribution is -0.179. The Morgan fingerprint density at radius 2 is 0.891 bits per heavy atom. The average Bonchev–Trinajstić information content (AvgIpc) is 3.82. The Labute approximate surface area is 376 Å². The number of aromatic amines is 2. The summed E-state index contributed by atoms with van der Waals surface area (Å²) in [5.74, 6) is 1.04. The van der Waals surface area contributed by atoms with Gasteiger partial charge in [0.15, 0.2) is 23.0 Å². The first-order valence-corrected chi connectivity index (χ1v) is 22.6. The van der Waals surface area contributed by atoms with Crippen LogP contribution in [-0.4, -0.2) is 99.4 Å². The van der Waals surface area contributed by atoms with Crippen molar-refractivity contribution in [3.8, 4) is 23.0 Å². The van der Waals surface area contributed by atoms with E-state index >= 15 is 0 Å². The number of esters is 2. The molecule has 0 aliphatic carbocycles. The summed E-state index contributed by atoms with van der Waals surface area (Å²) >= 11 is 0. The quantitative estimate of drug-likeness (QED) is 0.0719. The number of hydrogen-bond acceptors (Lipinski definition) is 10. The maximum absolute atomic E-state index is 13.8. The van der Waals surface area contributed by atoms with E-state index in [0.29, 0.717) is 23.0 Å². The third kappa shape index (κ3) is 9.73. The molecule has 0 amide bonds. The Morgan fingerprint density at radius 1 is 0.547 bits per heavy atom. The summed E-state index contributed by atoms with van der Waals surface area (Å²) in [6.07, 6.45) is 3.94. The normalized spacial score (nSPS) is 16.4. The molecule has 338 valence electrons. The first-order valence-electron chi connectivity index (χ1n) is 22.6. The molecule has 6 aromatic rings. The molecule has 0 saturated carbocycles. The molecular weight excluding hydrogens is 809 g/mol. The Balaban J connectivity index is 0.884. The van der Waals surface area contributed by atoms with Gasteiger partial charge in [-0.05, 0) is 113 Å². The van der Waals surface area contributed by atoms with Gasteiger partial charge in [0.2, 0.25) is 0 Å². The van der Waals surface area contributed by atoms with Gasteiger partial charge in [-0.3, -0.25) is 0 Å². The summed E-state index contributed by atoms with van der Waals surface area (Å²) in [5, 5.41) is 2.29. The molecule has 0 bridgehead atoms. The molecule has 12 nitrogen and oxygen atoms in total. The van der Waals surface area contributed by atoms with Crippen molar-refractivity contribution in [3.05, 3.63) is 119 Å². The minimum absolute atomic E-state index is 0.0501. The van der Waals surface area contributed by atoms with Crippen molar-refractivity contribution in [2.45, 2.75) is 64.6 Å². The number of aromatic nitrogens is 2. The van der Waals surface area contributed by atoms with Crippen molar-refractivity contribution in [1.29, 1.82) is 0 Å². The van der Waals surface area contributed by atoms with Crippen LogP contribution < -0.4 is 18.9 Å². The number of rotatable bonds is 16. The fourth-order valence-corrected chi connectivity index (χ4v) is 10.1. The molecule has 2 aliphatic heterocycles. The molecule has 2 unspecified atom stereocenters. The van der Waals surface area contributed by atoms with E-state index in [0.717, 1.165) is 122 Å². The van der Waals surface area contributed by atoms with Gasteiger partial charge in [0, 0.05) is 70.3 Å². The first kappa shape index (κ1) is 44.6. The van der Waals surface area contributed by atoms with Gasteiger partial charge in [-0.15, -0.1) is 0 Å². The largest absolute Gasteiger partial charge is 0.493 e. The highest BCUT2D eigenvalue weighted by Gasteiger charge is 2.36. The Kier molecular flexibility index (Phi) is 14.1. The number of nitrogens with one attached hydrogen (secondary N) is 2. The lowest BCUT2D eigenvalue weighted by Crippen LogP contribution is -2.39. The number of H-pyrrole nitrogens is 2. The Hall–Kier alpha value is -5.98. The van der Waals surface area contributed by atoms with Gasteiger partial charge < -0.3 is 48.2 Å². The number of fused-ring (bicyclic) bond motifs is 2. The topological polar surface area (TPSA) is 128 Å². The fourth-order valence-electron chi connectivity index (χ4n) is 10.1. The van der Waals surface area contributed by atoms with Crippen LogP contribution in [0.25, 0.3) is 21.8 Å². The van der Waals surface area contributed by atoms with Gasteiger partial charge in [-0.1, -0.05) is 60.7 Å². The maximum Gasteiger partial charge on any atom is 0.418 e. The minimum Gasteiger partial charge on any atom is -0.493 e. The number of aryl methyl sites for hydroxylation is 2. The zero-order valence-electron chi connectivity index (χ0n) is 38.0. The summed E-state index contributed by atoms with van der Waals surface area (Å²) in [4.78, 5) is 39.7. The average molecular weight is 871 g/mol. The summed E-state index contributed by atoms with van der Waals surface area (Å²) in [7, 11) is 6.62. The molecule has 4 aromatic carbocycles. The summed E-state index contributed by atoms with van der Waals surface area (Å²) in [5.41, 5.74) is 8.65. The van der Waals surface area contributed by atoms with Crippen molar-refractivity contribution in [1.82, 2.24) is 19.8 Å². The van der Waals surface area contributed by atoms with Crippen molar-refractivity contribution in [2.24, 2.45) is 11.8 Å². The molecular formula is C52H62N4O8. The van der Waals surface area contributed by atoms with Crippen LogP contribution in [0.2, 0.25) is 0 Å². The van der Waals surface area contributed by atoms with E-state index in [4.69, 9.17) is 28.4 Å². The highest BCUT2D eigenvalue weighted by Crippen LogP contribution is 2.39. The van der Waals surface area contributed by atoms with Crippen molar-refractivity contribution < 1.29 is 38.0 Å². The van der Waals surface area contributed by atoms with Crippen LogP contribution in [0.1, 0.15) is 71.5 Å². The van der Waals surface area contributed by atoms with Crippen molar-refractivity contribution >= 4 is 33.7 Å². The zero-order valence-corrected chi connectivity index (χ0v) is 38.0. The summed E-state index contributed by atoms with van der Waals surface area (Å²) in [6.45, 7) is 9.44. The van der Waals surface area contributed by atoms with E-state index < -0.39 is 24.1 Å². The number of benzene rings is 4. The molecule has 2 fully saturated rings. The standard InChI is InChI=1S/C52H62N4O8/c1-33-39(41-29-45(59-3)47(61-5)31-43(41)53-33)21-27-55-23-17-37(18-24-55)49(35-13-9-7-10-14-35)63-51(57)52(58)64-50(36-15-11-8-12-16-36)38-19-25-56(26-20-38)28-22-40-34(2)54-44-32-48(62-6)46(60-4)30-42(40)44/h7-16,29-32,37-38,49-50,53-54H,17-28H2,1-6H3. The lowest BCUT2D eigenvalue weighted by atomic mass is 9.87. The van der Waals surface area contributed by atoms with E-state index in [-0.39, 0.29) is 11.8 Å². The van der Waals surface area contributed by atoms with Crippen LogP contribution in [-0.2, 0) is 31.9 Å². The second-order valence-corrected chi connectivity index (χ2v) is 17.3. The van der Waals surface area contributed by atoms with E-state index in [1.54, 1.807) is 28.4 Å². The van der Waals surface area contributed by atoms with Gasteiger partial charge in [0.25, 0.3) is 0 Å². The number of methoxy groups -OCH3 is 4. The smallest absolute Gasteiger partial charge is 0.418 e. The van der Waals surface area contributed by atoms with E-state index in [9.17, 15) is 9.59 Å². The second kappa shape index (κ2) is 20.2. The molecule has 2 N–H and O–H groups in total. The molecule has 64 heavy (non-hydrogen) atoms. The lowest BCUT2D eigenvalue weighted by Gasteiger charge is -2.36. The Bertz CT molecular complexity index is 2340. The van der Waals surface area contributed by atoms with Crippen LogP contribution in [0.5, 0.6) is 23.0 Å². The minimum atomic E-state index is -0.945. The number of piperidine rings is 2. The van der Waals surface area contributed by atoms with E-state index in [1.807, 2.05) is 72.8 Å². The van der Waals surface area contributed by atoms with E-state index in [2.05, 4.69) is 45.7 Å². The van der Waals surface area contributed by atoms with Gasteiger partial charge >= 0.3 is 11.9 Å². The number of ether oxygens (including phenoxy) is 6. The van der Waals surface area contributed by atoms with Crippen LogP contribution in [0.4, 0.5) is 0 Å². The van der Waals surface area contributed by atoms with E-state index in [1.165, 1.54) is 11.1 Å². The molecule has 2 atom stereocenters. The van der Waals surface area contributed by atoms with Crippen LogP contribution in [0.3, 0.4) is 0 Å². The van der Waals surface area contributed by atoms with Gasteiger partial charge in [-0.2, -0.15) is 0 Å². The number of carbonyl (C=O) groups is 2. The molecule has 8 rings (SSSR count). The Morgan fingerprint density at radius 3 is 1.23 bits per heavy atom. The summed E-state index contributed by atoms with van der Waals surface area (Å²) in [6, 6.07) is 27.7. The molecule has 12 heteroatoms. The van der Waals surface area contributed by atoms with Crippen LogP contribution >= 0.6 is 0 Å². The summed E-state index contributed by atoms with van der Waals surface area (Å²) < 4.78 is 34.6. The molecule has 4 heterocycles. The van der Waals surface area contributed by atoms with Crippen LogP contribution in [0.15, 0.2) is 84.9 Å². The molecule has 0 radical (unpaired) electrons. The maximum atomic E-state index is 13.8. The van der Waals surface area contributed by atoms with Gasteiger partial charge in [0.05, 0.1) is 28.4 Å². The van der Waals surface area contributed by atoms with Crippen molar-refractivity contribution in [3.63, 3.8) is 0 Å². The second-order valence-electron chi connectivity index (χ2n) is 17.3. The number of likely N-dealkylation sites (tertiary alicyclic amines) is 2. The molecule has 2 aliphatic rings. The highest BCUT2D eigenvalue weighted by atomic mass is 16.6. The predicted octanol–water partition coefficient (Wildman–Crippen LogP) is 9.08. The number of nitrogens with zero attached hydrogens (tertiary/aromatic N) is 2. The highest BCUT2D eigenvalue weighted by molar-refractivity contribution is 6.29. The predicted molar refractivity (Wildman–Crippen MR) is 249 cm³/mol. The number of carbonyl (C=O) groups excluding carboxylic acids is 2. The molecule has 0 spiro atoms. The third-order valence-corrected chi connectivity index (χ3v) is 13.6. The van der Waals surface area contributed by atoms with Crippen molar-refractivity contribution in [2.75, 3.05) is 67.7 Å². The third-order valence-electron chi connectivity index (χ3n) is 13.6. The zero-order chi connectivity index (χ0) is 44.7. The monoisotopic (exact) mass is 870 g/mol. The first-order chi connectivity index (χ1) is 31.2. The SMILES string of the molecule is COc1cc2[nH]c(C)c(CCN3CCC(C(OC(=O)C(=O)OC(c4ccccc4)C4CCN(CCc5c(C)[nH]c6cc(OC)c(OC)cc56)CC4)c4ccccc4)CC3)c2cc1OC. The number of hydrogen-bond donors (Lipinski definition) is 2. The van der Waals surface area contributed by atoms with Crippen LogP contribution in [0, 0.1) is 25.7 Å². The fraction of sp³-hybridized carbons (Fsp3) is 0.423. The molecule has 2 saturated heterocycles. The van der Waals surface area contributed by atoms with Gasteiger partial charge in [-0.25, -0.2) is 9.59 Å². The van der Waals surface area contributed by atoms with Gasteiger partial charge in [0.1, 0.15) is 12.2 Å². The molecule has 2 aromatic heterocycles.